The Morgan fingerprint density at radius 3 is 2.68 bits per heavy atom. The minimum Gasteiger partial charge on any atom is -0.494 e. The first-order valence-electron chi connectivity index (χ1n) is 12.9. The summed E-state index contributed by atoms with van der Waals surface area (Å²) in [4.78, 5) is 31.2. The van der Waals surface area contributed by atoms with Crippen LogP contribution in [-0.4, -0.2) is 73.6 Å². The highest BCUT2D eigenvalue weighted by atomic mass is 16.5. The predicted molar refractivity (Wildman–Crippen MR) is 142 cm³/mol. The lowest BCUT2D eigenvalue weighted by atomic mass is 10.0. The van der Waals surface area contributed by atoms with Gasteiger partial charge in [-0.15, -0.1) is 0 Å². The number of carbonyl (C=O) groups excluding carboxylic acids is 1. The van der Waals surface area contributed by atoms with E-state index in [4.69, 9.17) is 14.8 Å². The Bertz CT molecular complexity index is 1550. The van der Waals surface area contributed by atoms with Gasteiger partial charge >= 0.3 is 6.09 Å². The zero-order valence-corrected chi connectivity index (χ0v) is 21.4. The number of amides is 2. The molecule has 4 aromatic rings. The van der Waals surface area contributed by atoms with Crippen LogP contribution in [0.5, 0.6) is 5.75 Å². The van der Waals surface area contributed by atoms with Crippen molar-refractivity contribution in [2.45, 2.75) is 38.0 Å². The fourth-order valence-corrected chi connectivity index (χ4v) is 5.58. The molecule has 3 N–H and O–H groups in total. The van der Waals surface area contributed by atoms with Crippen LogP contribution in [0.15, 0.2) is 42.5 Å². The van der Waals surface area contributed by atoms with Crippen molar-refractivity contribution in [2.75, 3.05) is 20.2 Å². The van der Waals surface area contributed by atoms with E-state index in [9.17, 15) is 14.7 Å². The highest BCUT2D eigenvalue weighted by molar-refractivity contribution is 6.00. The zero-order chi connectivity index (χ0) is 26.6. The molecule has 2 aromatic carbocycles. The second-order valence-electron chi connectivity index (χ2n) is 10.3. The van der Waals surface area contributed by atoms with Crippen molar-refractivity contribution >= 4 is 33.9 Å². The topological polar surface area (TPSA) is 122 Å². The second kappa shape index (κ2) is 9.36. The summed E-state index contributed by atoms with van der Waals surface area (Å²) in [6.07, 6.45) is 0.698. The molecule has 38 heavy (non-hydrogen) atoms. The van der Waals surface area contributed by atoms with Crippen molar-refractivity contribution in [1.29, 1.82) is 0 Å². The molecule has 3 heterocycles. The summed E-state index contributed by atoms with van der Waals surface area (Å²) < 4.78 is 10.1. The molecule has 1 aliphatic heterocycles. The van der Waals surface area contributed by atoms with Crippen LogP contribution in [-0.2, 0) is 13.6 Å². The molecule has 2 amide bonds. The number of rotatable bonds is 6. The van der Waals surface area contributed by atoms with Gasteiger partial charge in [-0.1, -0.05) is 18.2 Å². The number of nitrogens with zero attached hydrogens (tertiary/aromatic N) is 4. The number of imidazole rings is 1. The molecule has 0 bridgehead atoms. The predicted octanol–water partition coefficient (Wildman–Crippen LogP) is 3.46. The average molecular weight is 518 g/mol. The van der Waals surface area contributed by atoms with E-state index in [1.807, 2.05) is 17.7 Å². The van der Waals surface area contributed by atoms with Gasteiger partial charge in [-0.05, 0) is 49.4 Å². The number of methoxy groups -OCH3 is 1. The van der Waals surface area contributed by atoms with Gasteiger partial charge < -0.3 is 34.3 Å². The number of hydrogen-bond donors (Lipinski definition) is 3. The Hall–Kier alpha value is -4.05. The molecule has 2 unspecified atom stereocenters. The Kier molecular flexibility index (Phi) is 5.98. The Labute approximate surface area is 219 Å². The number of ether oxygens (including phenoxy) is 1. The molecule has 2 fully saturated rings. The molecule has 1 aliphatic carbocycles. The number of aliphatic hydroxyl groups excluding tert-OH is 1. The fourth-order valence-electron chi connectivity index (χ4n) is 5.58. The van der Waals surface area contributed by atoms with Gasteiger partial charge in [-0.25, -0.2) is 9.78 Å². The molecule has 0 radical (unpaired) electrons. The molecule has 1 saturated heterocycles. The number of carboxylic acid groups (broad SMARTS) is 1. The van der Waals surface area contributed by atoms with Crippen LogP contribution in [0.4, 0.5) is 4.79 Å². The number of nitrogens with one attached hydrogen (secondary N) is 1. The Morgan fingerprint density at radius 1 is 1.16 bits per heavy atom. The monoisotopic (exact) mass is 517 g/mol. The largest absolute Gasteiger partial charge is 0.494 e. The molecule has 10 nitrogen and oxygen atoms in total. The van der Waals surface area contributed by atoms with Crippen molar-refractivity contribution in [1.82, 2.24) is 24.3 Å². The molecule has 2 aromatic heterocycles. The molecule has 198 valence electrons. The minimum atomic E-state index is -1.23. The standard InChI is InChI=1S/C28H31N5O5/c1-31-25-19(29-26(31)22-12-17-5-3-4-6-21(17)33(22)14-16-7-8-16)11-18(13-24(25)38-2)27(35)32-10-9-23(34)20(15-32)30-28(36)37/h3-6,11-13,16,20,23,30,34H,7-10,14-15H2,1-2H3,(H,36,37). The van der Waals surface area contributed by atoms with E-state index in [2.05, 4.69) is 34.1 Å². The summed E-state index contributed by atoms with van der Waals surface area (Å²) in [6.45, 7) is 1.35. The first kappa shape index (κ1) is 24.3. The molecule has 10 heteroatoms. The van der Waals surface area contributed by atoms with Crippen LogP contribution >= 0.6 is 0 Å². The first-order valence-corrected chi connectivity index (χ1v) is 12.9. The van der Waals surface area contributed by atoms with Crippen LogP contribution < -0.4 is 10.1 Å². The van der Waals surface area contributed by atoms with Crippen molar-refractivity contribution in [3.8, 4) is 17.3 Å². The Balaban J connectivity index is 1.40. The number of benzene rings is 2. The van der Waals surface area contributed by atoms with Gasteiger partial charge in [0.25, 0.3) is 5.91 Å². The van der Waals surface area contributed by atoms with E-state index in [-0.39, 0.29) is 18.9 Å². The molecular formula is C28H31N5O5. The number of fused-ring (bicyclic) bond motifs is 2. The Morgan fingerprint density at radius 2 is 1.95 bits per heavy atom. The first-order chi connectivity index (χ1) is 18.3. The lowest BCUT2D eigenvalue weighted by Crippen LogP contribution is -2.56. The normalized spacial score (nSPS) is 19.7. The molecule has 2 atom stereocenters. The number of likely N-dealkylation sites (tertiary alicyclic amines) is 1. The average Bonchev–Trinajstić information content (AvgIpc) is 3.57. The summed E-state index contributed by atoms with van der Waals surface area (Å²) in [5, 5.41) is 22.8. The van der Waals surface area contributed by atoms with Gasteiger partial charge in [0, 0.05) is 43.1 Å². The van der Waals surface area contributed by atoms with E-state index < -0.39 is 18.2 Å². The lowest BCUT2D eigenvalue weighted by molar-refractivity contribution is 0.0378. The van der Waals surface area contributed by atoms with Gasteiger partial charge in [0.2, 0.25) is 0 Å². The van der Waals surface area contributed by atoms with E-state index in [1.54, 1.807) is 24.1 Å². The SMILES string of the molecule is COc1cc(C(=O)N2CCC(O)C(NC(=O)O)C2)cc2nc(-c3cc4ccccc4n3CC3CC3)n(C)c12. The van der Waals surface area contributed by atoms with Gasteiger partial charge in [0.1, 0.15) is 11.3 Å². The molecular weight excluding hydrogens is 486 g/mol. The molecule has 1 saturated carbocycles. The highest BCUT2D eigenvalue weighted by Gasteiger charge is 2.32. The van der Waals surface area contributed by atoms with E-state index in [0.717, 1.165) is 29.0 Å². The zero-order valence-electron chi connectivity index (χ0n) is 21.4. The maximum atomic E-state index is 13.5. The van der Waals surface area contributed by atoms with E-state index in [0.29, 0.717) is 29.3 Å². The molecule has 6 rings (SSSR count). The van der Waals surface area contributed by atoms with Crippen molar-refractivity contribution in [3.05, 3.63) is 48.0 Å². The number of para-hydroxylation sites is 1. The maximum absolute atomic E-state index is 13.5. The highest BCUT2D eigenvalue weighted by Crippen LogP contribution is 2.38. The van der Waals surface area contributed by atoms with Crippen LogP contribution in [0.1, 0.15) is 29.6 Å². The summed E-state index contributed by atoms with van der Waals surface area (Å²) in [6, 6.07) is 13.3. The molecule has 0 spiro atoms. The summed E-state index contributed by atoms with van der Waals surface area (Å²) >= 11 is 0. The van der Waals surface area contributed by atoms with Crippen LogP contribution in [0.3, 0.4) is 0 Å². The van der Waals surface area contributed by atoms with Crippen LogP contribution in [0.2, 0.25) is 0 Å². The summed E-state index contributed by atoms with van der Waals surface area (Å²) in [7, 11) is 3.53. The maximum Gasteiger partial charge on any atom is 0.405 e. The third kappa shape index (κ3) is 4.24. The number of hydrogen-bond acceptors (Lipinski definition) is 5. The number of carbonyl (C=O) groups is 2. The number of aromatic nitrogens is 3. The number of aryl methyl sites for hydroxylation is 1. The minimum absolute atomic E-state index is 0.0847. The van der Waals surface area contributed by atoms with Crippen LogP contribution in [0.25, 0.3) is 33.5 Å². The summed E-state index contributed by atoms with van der Waals surface area (Å²) in [5.74, 6) is 1.76. The fraction of sp³-hybridized carbons (Fsp3) is 0.393. The number of piperidine rings is 1. The van der Waals surface area contributed by atoms with Gasteiger partial charge in [0.05, 0.1) is 30.5 Å². The third-order valence-corrected chi connectivity index (χ3v) is 7.75. The van der Waals surface area contributed by atoms with Crippen molar-refractivity contribution < 1.29 is 24.5 Å². The van der Waals surface area contributed by atoms with Gasteiger partial charge in [-0.2, -0.15) is 0 Å². The van der Waals surface area contributed by atoms with Crippen molar-refractivity contribution in [3.63, 3.8) is 0 Å². The third-order valence-electron chi connectivity index (χ3n) is 7.75. The van der Waals surface area contributed by atoms with E-state index in [1.165, 1.54) is 18.4 Å². The lowest BCUT2D eigenvalue weighted by Gasteiger charge is -2.36. The second-order valence-corrected chi connectivity index (χ2v) is 10.3. The summed E-state index contributed by atoms with van der Waals surface area (Å²) in [5.41, 5.74) is 4.05. The molecule has 2 aliphatic rings. The number of aliphatic hydroxyl groups is 1. The quantitative estimate of drug-likeness (QED) is 0.360. The smallest absolute Gasteiger partial charge is 0.405 e. The van der Waals surface area contributed by atoms with Gasteiger partial charge in [-0.3, -0.25) is 4.79 Å². The van der Waals surface area contributed by atoms with Gasteiger partial charge in [0.15, 0.2) is 5.82 Å². The van der Waals surface area contributed by atoms with E-state index >= 15 is 0 Å². The van der Waals surface area contributed by atoms with Crippen molar-refractivity contribution in [2.24, 2.45) is 13.0 Å². The van der Waals surface area contributed by atoms with Crippen LogP contribution in [0, 0.1) is 5.92 Å².